The Labute approximate surface area is 222 Å². The summed E-state index contributed by atoms with van der Waals surface area (Å²) >= 11 is 4.91. The Bertz CT molecular complexity index is 1520. The van der Waals surface area contributed by atoms with Crippen LogP contribution < -0.4 is 24.5 Å². The number of thiazole rings is 1. The summed E-state index contributed by atoms with van der Waals surface area (Å²) in [4.78, 5) is 34.1. The number of benzene rings is 2. The van der Waals surface area contributed by atoms with Crippen molar-refractivity contribution in [1.29, 1.82) is 0 Å². The SMILES string of the molecule is CCOC(=O)C1=C(C)N=c2sc(=Cc3ccc(N(C)C)c(Br)c3)c(=O)n2[C@@H]1c1ccccc1OCC. The number of nitrogens with zero attached hydrogens (tertiary/aromatic N) is 3. The maximum atomic E-state index is 13.8. The van der Waals surface area contributed by atoms with Crippen LogP contribution in [0.5, 0.6) is 5.75 Å². The largest absolute Gasteiger partial charge is 0.494 e. The van der Waals surface area contributed by atoms with Crippen molar-refractivity contribution in [3.05, 3.63) is 89.0 Å². The molecule has 0 unspecified atom stereocenters. The van der Waals surface area contributed by atoms with Gasteiger partial charge in [0.1, 0.15) is 11.8 Å². The smallest absolute Gasteiger partial charge is 0.338 e. The maximum Gasteiger partial charge on any atom is 0.338 e. The van der Waals surface area contributed by atoms with Crippen molar-refractivity contribution in [2.45, 2.75) is 26.8 Å². The Hall–Kier alpha value is -3.17. The van der Waals surface area contributed by atoms with Gasteiger partial charge in [0.25, 0.3) is 5.56 Å². The minimum atomic E-state index is -0.715. The molecule has 3 aromatic rings. The first-order valence-corrected chi connectivity index (χ1v) is 13.3. The lowest BCUT2D eigenvalue weighted by molar-refractivity contribution is -0.139. The third kappa shape index (κ3) is 4.90. The van der Waals surface area contributed by atoms with Crippen molar-refractivity contribution in [3.8, 4) is 5.75 Å². The van der Waals surface area contributed by atoms with Gasteiger partial charge in [-0.2, -0.15) is 0 Å². The number of carbonyl (C=O) groups excluding carboxylic acids is 1. The molecule has 0 spiro atoms. The van der Waals surface area contributed by atoms with E-state index in [2.05, 4.69) is 20.9 Å². The molecule has 0 fully saturated rings. The molecule has 0 N–H and O–H groups in total. The van der Waals surface area contributed by atoms with E-state index >= 15 is 0 Å². The van der Waals surface area contributed by atoms with Gasteiger partial charge in [0.05, 0.1) is 34.7 Å². The first kappa shape index (κ1) is 25.9. The summed E-state index contributed by atoms with van der Waals surface area (Å²) in [6.45, 7) is 6.10. The molecule has 7 nitrogen and oxygen atoms in total. The van der Waals surface area contributed by atoms with E-state index in [1.807, 2.05) is 74.5 Å². The molecule has 1 aromatic heterocycles. The molecule has 0 bridgehead atoms. The van der Waals surface area contributed by atoms with Crippen molar-refractivity contribution in [2.75, 3.05) is 32.2 Å². The summed E-state index contributed by atoms with van der Waals surface area (Å²) in [6.07, 6.45) is 1.85. The van der Waals surface area contributed by atoms with Crippen molar-refractivity contribution < 1.29 is 14.3 Å². The van der Waals surface area contributed by atoms with E-state index in [1.165, 1.54) is 11.3 Å². The van der Waals surface area contributed by atoms with Crippen LogP contribution in [0.25, 0.3) is 6.08 Å². The molecule has 0 amide bonds. The zero-order valence-corrected chi connectivity index (χ0v) is 23.3. The Balaban J connectivity index is 1.95. The zero-order chi connectivity index (χ0) is 26.0. The van der Waals surface area contributed by atoms with Gasteiger partial charge in [-0.3, -0.25) is 9.36 Å². The van der Waals surface area contributed by atoms with Crippen LogP contribution in [0.2, 0.25) is 0 Å². The summed E-state index contributed by atoms with van der Waals surface area (Å²) in [5.41, 5.74) is 3.26. The first-order valence-electron chi connectivity index (χ1n) is 11.6. The molecule has 0 saturated carbocycles. The molecule has 1 atom stereocenters. The molecule has 188 valence electrons. The third-order valence-electron chi connectivity index (χ3n) is 5.78. The number of hydrogen-bond donors (Lipinski definition) is 0. The van der Waals surface area contributed by atoms with Crippen LogP contribution in [-0.2, 0) is 9.53 Å². The van der Waals surface area contributed by atoms with E-state index in [1.54, 1.807) is 18.4 Å². The van der Waals surface area contributed by atoms with E-state index in [-0.39, 0.29) is 12.2 Å². The summed E-state index contributed by atoms with van der Waals surface area (Å²) in [6, 6.07) is 12.7. The third-order valence-corrected chi connectivity index (χ3v) is 7.40. The second-order valence-corrected chi connectivity index (χ2v) is 10.2. The van der Waals surface area contributed by atoms with Crippen molar-refractivity contribution in [2.24, 2.45) is 4.99 Å². The average Bonchev–Trinajstić information content (AvgIpc) is 3.13. The molecule has 36 heavy (non-hydrogen) atoms. The lowest BCUT2D eigenvalue weighted by Gasteiger charge is -2.26. The molecule has 2 aromatic carbocycles. The fraction of sp³-hybridized carbons (Fsp3) is 0.296. The minimum absolute atomic E-state index is 0.220. The highest BCUT2D eigenvalue weighted by atomic mass is 79.9. The van der Waals surface area contributed by atoms with Crippen LogP contribution in [0.3, 0.4) is 0 Å². The van der Waals surface area contributed by atoms with Crippen LogP contribution in [0.15, 0.2) is 68.0 Å². The van der Waals surface area contributed by atoms with Crippen molar-refractivity contribution in [1.82, 2.24) is 4.57 Å². The fourth-order valence-corrected chi connectivity index (χ4v) is 6.00. The number of ether oxygens (including phenoxy) is 2. The summed E-state index contributed by atoms with van der Waals surface area (Å²) in [5, 5.41) is 0. The Morgan fingerprint density at radius 2 is 1.94 bits per heavy atom. The molecule has 2 heterocycles. The number of esters is 1. The van der Waals surface area contributed by atoms with Gasteiger partial charge in [0.15, 0.2) is 4.80 Å². The Kier molecular flexibility index (Phi) is 7.80. The highest BCUT2D eigenvalue weighted by Crippen LogP contribution is 2.35. The highest BCUT2D eigenvalue weighted by molar-refractivity contribution is 9.10. The van der Waals surface area contributed by atoms with Crippen LogP contribution in [-0.4, -0.2) is 37.8 Å². The Morgan fingerprint density at radius 3 is 2.61 bits per heavy atom. The van der Waals surface area contributed by atoms with E-state index < -0.39 is 12.0 Å². The zero-order valence-electron chi connectivity index (χ0n) is 20.9. The topological polar surface area (TPSA) is 73.1 Å². The molecular weight excluding hydrogens is 542 g/mol. The first-order chi connectivity index (χ1) is 17.3. The number of allylic oxidation sites excluding steroid dienone is 1. The number of rotatable bonds is 7. The number of hydrogen-bond acceptors (Lipinski definition) is 7. The van der Waals surface area contributed by atoms with Gasteiger partial charge in [-0.05, 0) is 66.5 Å². The number of halogens is 1. The van der Waals surface area contributed by atoms with Crippen LogP contribution in [0.1, 0.15) is 37.9 Å². The molecule has 0 saturated heterocycles. The van der Waals surface area contributed by atoms with Gasteiger partial charge in [-0.15, -0.1) is 0 Å². The normalized spacial score (nSPS) is 15.4. The fourth-order valence-electron chi connectivity index (χ4n) is 4.21. The standard InChI is InChI=1S/C27H28BrN3O4S/c1-6-34-21-11-9-8-10-18(21)24-23(26(33)35-7-2)16(3)29-27-31(24)25(32)22(36-27)15-17-12-13-20(30(4)5)19(28)14-17/h8-15,24H,6-7H2,1-5H3/t24-/m1/s1. The molecule has 0 aliphatic carbocycles. The minimum Gasteiger partial charge on any atom is -0.494 e. The van der Waals surface area contributed by atoms with Gasteiger partial charge in [0, 0.05) is 24.1 Å². The molecule has 1 aliphatic rings. The maximum absolute atomic E-state index is 13.8. The van der Waals surface area contributed by atoms with Gasteiger partial charge in [-0.25, -0.2) is 9.79 Å². The number of anilines is 1. The van der Waals surface area contributed by atoms with E-state index in [9.17, 15) is 9.59 Å². The summed E-state index contributed by atoms with van der Waals surface area (Å²) in [7, 11) is 3.95. The molecule has 4 rings (SSSR count). The highest BCUT2D eigenvalue weighted by Gasteiger charge is 2.35. The lowest BCUT2D eigenvalue weighted by Crippen LogP contribution is -2.40. The summed E-state index contributed by atoms with van der Waals surface area (Å²) < 4.78 is 14.3. The number of para-hydroxylation sites is 1. The van der Waals surface area contributed by atoms with Gasteiger partial charge < -0.3 is 14.4 Å². The number of aromatic nitrogens is 1. The molecule has 0 radical (unpaired) electrons. The number of carbonyl (C=O) groups is 1. The van der Waals surface area contributed by atoms with Crippen LogP contribution in [0.4, 0.5) is 5.69 Å². The second kappa shape index (κ2) is 10.8. The van der Waals surface area contributed by atoms with Gasteiger partial charge in [-0.1, -0.05) is 35.6 Å². The Morgan fingerprint density at radius 1 is 1.19 bits per heavy atom. The van der Waals surface area contributed by atoms with Crippen LogP contribution >= 0.6 is 27.3 Å². The van der Waals surface area contributed by atoms with E-state index in [4.69, 9.17) is 9.47 Å². The van der Waals surface area contributed by atoms with Gasteiger partial charge in [0.2, 0.25) is 0 Å². The lowest BCUT2D eigenvalue weighted by atomic mass is 9.95. The van der Waals surface area contributed by atoms with E-state index in [0.717, 1.165) is 15.7 Å². The predicted molar refractivity (Wildman–Crippen MR) is 146 cm³/mol. The molecular formula is C27H28BrN3O4S. The molecule has 1 aliphatic heterocycles. The molecule has 9 heteroatoms. The summed E-state index contributed by atoms with van der Waals surface area (Å²) in [5.74, 6) is 0.117. The quantitative estimate of drug-likeness (QED) is 0.402. The van der Waals surface area contributed by atoms with E-state index in [0.29, 0.717) is 38.5 Å². The second-order valence-electron chi connectivity index (χ2n) is 8.38. The average molecular weight is 571 g/mol. The predicted octanol–water partition coefficient (Wildman–Crippen LogP) is 4.03. The monoisotopic (exact) mass is 569 g/mol. The van der Waals surface area contributed by atoms with Crippen molar-refractivity contribution in [3.63, 3.8) is 0 Å². The van der Waals surface area contributed by atoms with Gasteiger partial charge >= 0.3 is 5.97 Å². The number of fused-ring (bicyclic) bond motifs is 1. The van der Waals surface area contributed by atoms with Crippen LogP contribution in [0, 0.1) is 0 Å². The van der Waals surface area contributed by atoms with Crippen molar-refractivity contribution >= 4 is 45.0 Å².